The third-order valence-corrected chi connectivity index (χ3v) is 3.08. The van der Waals surface area contributed by atoms with Crippen LogP contribution in [-0.4, -0.2) is 23.1 Å². The first-order valence-corrected chi connectivity index (χ1v) is 6.89. The molecule has 0 saturated carbocycles. The zero-order valence-electron chi connectivity index (χ0n) is 10.6. The maximum atomic E-state index is 11.9. The average molecular weight is 344 g/mol. The fourth-order valence-corrected chi connectivity index (χ4v) is 1.86. The van der Waals surface area contributed by atoms with Crippen LogP contribution in [0.4, 0.5) is 0 Å². The van der Waals surface area contributed by atoms with E-state index in [0.717, 1.165) is 5.56 Å². The lowest BCUT2D eigenvalue weighted by atomic mass is 10.0. The molecule has 1 aromatic carbocycles. The van der Waals surface area contributed by atoms with Crippen molar-refractivity contribution in [2.45, 2.75) is 13.0 Å². The number of benzene rings is 1. The first-order chi connectivity index (χ1) is 9.58. The van der Waals surface area contributed by atoms with E-state index >= 15 is 0 Å². The molecule has 1 rings (SSSR count). The molecule has 0 unspecified atom stereocenters. The van der Waals surface area contributed by atoms with Crippen molar-refractivity contribution in [1.29, 1.82) is 0 Å². The molecule has 1 aromatic rings. The van der Waals surface area contributed by atoms with E-state index in [0.29, 0.717) is 0 Å². The van der Waals surface area contributed by atoms with Crippen LogP contribution in [0, 0.1) is 5.92 Å². The topological polar surface area (TPSA) is 95.7 Å². The van der Waals surface area contributed by atoms with E-state index in [1.807, 2.05) is 6.07 Å². The number of hydrogen-bond acceptors (Lipinski definition) is 6. The molecular weight excluding hydrogens is 330 g/mol. The molecule has 6 nitrogen and oxygen atoms in total. The predicted molar refractivity (Wildman–Crippen MR) is 73.4 cm³/mol. The number of nitrogens with two attached hydrogens (primary N) is 1. The van der Waals surface area contributed by atoms with Gasteiger partial charge in [-0.1, -0.05) is 46.3 Å². The van der Waals surface area contributed by atoms with Gasteiger partial charge in [-0.3, -0.25) is 14.4 Å². The highest BCUT2D eigenvalue weighted by Crippen LogP contribution is 2.12. The maximum absolute atomic E-state index is 11.9. The van der Waals surface area contributed by atoms with E-state index in [4.69, 9.17) is 10.6 Å². The number of rotatable bonds is 7. The van der Waals surface area contributed by atoms with Crippen LogP contribution in [-0.2, 0) is 30.6 Å². The Morgan fingerprint density at radius 2 is 1.85 bits per heavy atom. The summed E-state index contributed by atoms with van der Waals surface area (Å²) in [7, 11) is 0. The molecule has 0 aromatic heterocycles. The van der Waals surface area contributed by atoms with Crippen LogP contribution in [0.3, 0.4) is 0 Å². The molecule has 108 valence electrons. The number of Topliss-reactive ketones (excluding diaryl/α,β-unsaturated/α-hetero) is 1. The zero-order chi connectivity index (χ0) is 15.0. The lowest BCUT2D eigenvalue weighted by Gasteiger charge is -2.12. The second kappa shape index (κ2) is 8.44. The molecule has 0 aliphatic carbocycles. The van der Waals surface area contributed by atoms with E-state index in [9.17, 15) is 14.4 Å². The van der Waals surface area contributed by atoms with Crippen LogP contribution in [0.2, 0.25) is 0 Å². The van der Waals surface area contributed by atoms with Crippen LogP contribution < -0.4 is 5.90 Å². The standard InChI is InChI=1S/C13H14BrNO5/c14-7-11(16)10(6-12(17)20-15)13(18)19-8-9-4-2-1-3-5-9/h1-5,10H,6-8,15H2/t10-/m0/s1. The van der Waals surface area contributed by atoms with E-state index in [-0.39, 0.29) is 11.9 Å². The molecule has 20 heavy (non-hydrogen) atoms. The van der Waals surface area contributed by atoms with E-state index in [1.54, 1.807) is 24.3 Å². The average Bonchev–Trinajstić information content (AvgIpc) is 2.50. The fraction of sp³-hybridized carbons (Fsp3) is 0.308. The first-order valence-electron chi connectivity index (χ1n) is 5.77. The van der Waals surface area contributed by atoms with Gasteiger partial charge in [0.1, 0.15) is 12.5 Å². The second-order valence-corrected chi connectivity index (χ2v) is 4.50. The van der Waals surface area contributed by atoms with Crippen molar-refractivity contribution in [2.24, 2.45) is 11.8 Å². The third kappa shape index (κ3) is 5.10. The zero-order valence-corrected chi connectivity index (χ0v) is 12.2. The quantitative estimate of drug-likeness (QED) is 0.345. The number of alkyl halides is 1. The number of carbonyl (C=O) groups is 3. The monoisotopic (exact) mass is 343 g/mol. The summed E-state index contributed by atoms with van der Waals surface area (Å²) in [6.45, 7) is 0.0312. The third-order valence-electron chi connectivity index (χ3n) is 2.53. The van der Waals surface area contributed by atoms with Crippen molar-refractivity contribution < 1.29 is 24.0 Å². The summed E-state index contributed by atoms with van der Waals surface area (Å²) in [6.07, 6.45) is -0.436. The predicted octanol–water partition coefficient (Wildman–Crippen LogP) is 1.12. The van der Waals surface area contributed by atoms with Gasteiger partial charge < -0.3 is 9.57 Å². The highest BCUT2D eigenvalue weighted by atomic mass is 79.9. The largest absolute Gasteiger partial charge is 0.460 e. The Labute approximate surface area is 124 Å². The van der Waals surface area contributed by atoms with Crippen molar-refractivity contribution in [2.75, 3.05) is 5.33 Å². The van der Waals surface area contributed by atoms with E-state index in [2.05, 4.69) is 20.8 Å². The van der Waals surface area contributed by atoms with Crippen LogP contribution in [0.5, 0.6) is 0 Å². The summed E-state index contributed by atoms with van der Waals surface area (Å²) in [6, 6.07) is 9.00. The Morgan fingerprint density at radius 1 is 1.20 bits per heavy atom. The highest BCUT2D eigenvalue weighted by Gasteiger charge is 2.30. The normalized spacial score (nSPS) is 11.5. The van der Waals surface area contributed by atoms with Crippen molar-refractivity contribution in [3.63, 3.8) is 0 Å². The Balaban J connectivity index is 2.63. The molecule has 1 atom stereocenters. The summed E-state index contributed by atoms with van der Waals surface area (Å²) in [5.41, 5.74) is 0.785. The Morgan fingerprint density at radius 3 is 2.40 bits per heavy atom. The van der Waals surface area contributed by atoms with Gasteiger partial charge in [0.2, 0.25) is 0 Å². The van der Waals surface area contributed by atoms with Gasteiger partial charge in [-0.25, -0.2) is 0 Å². The van der Waals surface area contributed by atoms with Gasteiger partial charge in [-0.2, -0.15) is 5.90 Å². The van der Waals surface area contributed by atoms with Crippen LogP contribution >= 0.6 is 15.9 Å². The number of carbonyl (C=O) groups excluding carboxylic acids is 3. The SMILES string of the molecule is NOC(=O)C[C@@H](C(=O)CBr)C(=O)OCc1ccccc1. The van der Waals surface area contributed by atoms with Gasteiger partial charge >= 0.3 is 11.9 Å². The number of hydrogen-bond donors (Lipinski definition) is 1. The van der Waals surface area contributed by atoms with Gasteiger partial charge in [0.25, 0.3) is 0 Å². The molecule has 0 heterocycles. The van der Waals surface area contributed by atoms with Crippen molar-refractivity contribution >= 4 is 33.7 Å². The van der Waals surface area contributed by atoms with Crippen molar-refractivity contribution in [1.82, 2.24) is 0 Å². The van der Waals surface area contributed by atoms with Crippen molar-refractivity contribution in [3.8, 4) is 0 Å². The molecule has 2 N–H and O–H groups in total. The molecule has 0 aliphatic rings. The summed E-state index contributed by atoms with van der Waals surface area (Å²) >= 11 is 2.95. The second-order valence-electron chi connectivity index (χ2n) is 3.94. The summed E-state index contributed by atoms with van der Waals surface area (Å²) in [5.74, 6) is 1.40. The van der Waals surface area contributed by atoms with E-state index < -0.39 is 30.1 Å². The minimum Gasteiger partial charge on any atom is -0.460 e. The summed E-state index contributed by atoms with van der Waals surface area (Å²) in [5, 5.41) is -0.0596. The Bertz CT molecular complexity index is 477. The number of halogens is 1. The van der Waals surface area contributed by atoms with E-state index in [1.165, 1.54) is 0 Å². The highest BCUT2D eigenvalue weighted by molar-refractivity contribution is 9.09. The number of ether oxygens (including phenoxy) is 1. The van der Waals surface area contributed by atoms with Gasteiger partial charge in [0, 0.05) is 0 Å². The minimum absolute atomic E-state index is 0.0312. The molecule has 0 amide bonds. The number of esters is 1. The minimum atomic E-state index is -1.21. The molecule has 0 radical (unpaired) electrons. The van der Waals surface area contributed by atoms with Gasteiger partial charge in [-0.05, 0) is 5.56 Å². The van der Waals surface area contributed by atoms with Crippen molar-refractivity contribution in [3.05, 3.63) is 35.9 Å². The lowest BCUT2D eigenvalue weighted by molar-refractivity contribution is -0.158. The molecule has 0 aliphatic heterocycles. The summed E-state index contributed by atoms with van der Waals surface area (Å²) in [4.78, 5) is 38.5. The van der Waals surface area contributed by atoms with Gasteiger partial charge in [0.15, 0.2) is 5.78 Å². The molecule has 0 saturated heterocycles. The summed E-state index contributed by atoms with van der Waals surface area (Å²) < 4.78 is 5.03. The Kier molecular flexibility index (Phi) is 6.89. The maximum Gasteiger partial charge on any atom is 0.325 e. The first kappa shape index (κ1) is 16.3. The molecule has 0 bridgehead atoms. The fourth-order valence-electron chi connectivity index (χ4n) is 1.47. The van der Waals surface area contributed by atoms with Gasteiger partial charge in [-0.15, -0.1) is 0 Å². The molecular formula is C13H14BrNO5. The molecule has 0 fully saturated rings. The smallest absolute Gasteiger partial charge is 0.325 e. The molecule has 0 spiro atoms. The molecule has 7 heteroatoms. The lowest BCUT2D eigenvalue weighted by Crippen LogP contribution is -2.30. The van der Waals surface area contributed by atoms with Crippen LogP contribution in [0.25, 0.3) is 0 Å². The Hall–Kier alpha value is -1.73. The van der Waals surface area contributed by atoms with Gasteiger partial charge in [0.05, 0.1) is 11.8 Å². The van der Waals surface area contributed by atoms with Crippen LogP contribution in [0.1, 0.15) is 12.0 Å². The van der Waals surface area contributed by atoms with Crippen LogP contribution in [0.15, 0.2) is 30.3 Å². The number of ketones is 1.